The van der Waals surface area contributed by atoms with E-state index in [4.69, 9.17) is 0 Å². The van der Waals surface area contributed by atoms with Gasteiger partial charge in [-0.05, 0) is 66.2 Å². The number of carbonyl (C=O) groups is 2. The zero-order chi connectivity index (χ0) is 21.5. The van der Waals surface area contributed by atoms with Gasteiger partial charge in [0, 0.05) is 33.4 Å². The van der Waals surface area contributed by atoms with Gasteiger partial charge in [-0.15, -0.1) is 0 Å². The van der Waals surface area contributed by atoms with E-state index in [1.54, 1.807) is 48.5 Å². The van der Waals surface area contributed by atoms with Crippen molar-refractivity contribution >= 4 is 45.3 Å². The highest BCUT2D eigenvalue weighted by Gasteiger charge is 2.08. The summed E-state index contributed by atoms with van der Waals surface area (Å²) in [5.41, 5.74) is 4.38. The standard InChI is InChI=1S/C21H15BrN4O4/c22-17-7-3-15(4-8-17)20(27)24-18-9-5-16(6-10-18)21(28)25-23-13-14-1-11-19(12-2-14)26(29)30/h1-13H,(H,24,27)(H,25,28). The first-order valence-corrected chi connectivity index (χ1v) is 9.46. The summed E-state index contributed by atoms with van der Waals surface area (Å²) in [7, 11) is 0. The lowest BCUT2D eigenvalue weighted by molar-refractivity contribution is -0.384. The largest absolute Gasteiger partial charge is 0.322 e. The van der Waals surface area contributed by atoms with E-state index >= 15 is 0 Å². The van der Waals surface area contributed by atoms with Crippen molar-refractivity contribution < 1.29 is 14.5 Å². The number of nitrogens with one attached hydrogen (secondary N) is 2. The van der Waals surface area contributed by atoms with E-state index < -0.39 is 10.8 Å². The molecular weight excluding hydrogens is 452 g/mol. The molecule has 0 saturated heterocycles. The number of amides is 2. The van der Waals surface area contributed by atoms with Gasteiger partial charge in [-0.3, -0.25) is 19.7 Å². The lowest BCUT2D eigenvalue weighted by Crippen LogP contribution is -2.17. The van der Waals surface area contributed by atoms with Crippen LogP contribution in [0.5, 0.6) is 0 Å². The van der Waals surface area contributed by atoms with Crippen molar-refractivity contribution in [1.29, 1.82) is 0 Å². The second kappa shape index (κ2) is 9.57. The van der Waals surface area contributed by atoms with E-state index in [1.807, 2.05) is 0 Å². The molecule has 150 valence electrons. The van der Waals surface area contributed by atoms with Crippen molar-refractivity contribution in [2.24, 2.45) is 5.10 Å². The fourth-order valence-corrected chi connectivity index (χ4v) is 2.69. The van der Waals surface area contributed by atoms with Crippen molar-refractivity contribution in [2.75, 3.05) is 5.32 Å². The third kappa shape index (κ3) is 5.58. The Labute approximate surface area is 179 Å². The van der Waals surface area contributed by atoms with Crippen molar-refractivity contribution in [2.45, 2.75) is 0 Å². The van der Waals surface area contributed by atoms with Crippen molar-refractivity contribution in [3.8, 4) is 0 Å². The van der Waals surface area contributed by atoms with Crippen molar-refractivity contribution in [3.63, 3.8) is 0 Å². The van der Waals surface area contributed by atoms with E-state index in [0.29, 0.717) is 22.4 Å². The lowest BCUT2D eigenvalue weighted by Gasteiger charge is -2.06. The van der Waals surface area contributed by atoms with Gasteiger partial charge in [-0.1, -0.05) is 15.9 Å². The quantitative estimate of drug-likeness (QED) is 0.318. The van der Waals surface area contributed by atoms with Gasteiger partial charge in [0.2, 0.25) is 0 Å². The average molecular weight is 467 g/mol. The number of hydrazone groups is 1. The predicted molar refractivity (Wildman–Crippen MR) is 117 cm³/mol. The summed E-state index contributed by atoms with van der Waals surface area (Å²) in [5.74, 6) is -0.689. The predicted octanol–water partition coefficient (Wildman–Crippen LogP) is 4.37. The molecular formula is C21H15BrN4O4. The zero-order valence-corrected chi connectivity index (χ0v) is 17.0. The molecule has 3 rings (SSSR count). The molecule has 0 aliphatic rings. The molecule has 3 aromatic rings. The van der Waals surface area contributed by atoms with Crippen molar-refractivity contribution in [1.82, 2.24) is 5.43 Å². The number of benzene rings is 3. The number of rotatable bonds is 6. The van der Waals surface area contributed by atoms with Crippen molar-refractivity contribution in [3.05, 3.63) is 104 Å². The first-order chi connectivity index (χ1) is 14.4. The van der Waals surface area contributed by atoms with Gasteiger partial charge in [-0.2, -0.15) is 5.10 Å². The first-order valence-electron chi connectivity index (χ1n) is 8.67. The average Bonchev–Trinajstić information content (AvgIpc) is 2.75. The van der Waals surface area contributed by atoms with Gasteiger partial charge in [-0.25, -0.2) is 5.43 Å². The molecule has 2 amide bonds. The summed E-state index contributed by atoms with van der Waals surface area (Å²) in [4.78, 5) is 34.5. The smallest absolute Gasteiger partial charge is 0.271 e. The molecule has 0 radical (unpaired) electrons. The molecule has 0 aliphatic heterocycles. The van der Waals surface area contributed by atoms with E-state index in [9.17, 15) is 19.7 Å². The zero-order valence-electron chi connectivity index (χ0n) is 15.4. The van der Waals surface area contributed by atoms with Crippen LogP contribution in [0.1, 0.15) is 26.3 Å². The molecule has 0 aliphatic carbocycles. The SMILES string of the molecule is O=C(NN=Cc1ccc([N+](=O)[O-])cc1)c1ccc(NC(=O)c2ccc(Br)cc2)cc1. The molecule has 0 spiro atoms. The molecule has 2 N–H and O–H groups in total. The molecule has 8 nitrogen and oxygen atoms in total. The number of non-ortho nitro benzene ring substituents is 1. The molecule has 0 unspecified atom stereocenters. The highest BCUT2D eigenvalue weighted by Crippen LogP contribution is 2.14. The van der Waals surface area contributed by atoms with E-state index in [0.717, 1.165) is 4.47 Å². The molecule has 0 aromatic heterocycles. The minimum absolute atomic E-state index is 0.0245. The van der Waals surface area contributed by atoms with Gasteiger partial charge in [0.05, 0.1) is 11.1 Å². The summed E-state index contributed by atoms with van der Waals surface area (Å²) >= 11 is 3.32. The summed E-state index contributed by atoms with van der Waals surface area (Å²) in [6.07, 6.45) is 1.38. The molecule has 30 heavy (non-hydrogen) atoms. The Morgan fingerprint density at radius 3 is 2.03 bits per heavy atom. The minimum atomic E-state index is -0.492. The van der Waals surface area contributed by atoms with Crippen LogP contribution >= 0.6 is 15.9 Å². The maximum absolute atomic E-state index is 12.2. The Kier molecular flexibility index (Phi) is 6.66. The fraction of sp³-hybridized carbons (Fsp3) is 0. The summed E-state index contributed by atoms with van der Waals surface area (Å²) in [6.45, 7) is 0. The maximum Gasteiger partial charge on any atom is 0.271 e. The van der Waals surface area contributed by atoms with Crippen LogP contribution in [0.4, 0.5) is 11.4 Å². The van der Waals surface area contributed by atoms with Crippen LogP contribution < -0.4 is 10.7 Å². The topological polar surface area (TPSA) is 114 Å². The summed E-state index contributed by atoms with van der Waals surface area (Å²) in [6, 6.07) is 19.1. The number of anilines is 1. The summed E-state index contributed by atoms with van der Waals surface area (Å²) < 4.78 is 0.880. The highest BCUT2D eigenvalue weighted by molar-refractivity contribution is 9.10. The van der Waals surface area contributed by atoms with Crippen LogP contribution in [-0.4, -0.2) is 23.0 Å². The number of nitrogens with zero attached hydrogens (tertiary/aromatic N) is 2. The van der Waals surface area contributed by atoms with Crippen LogP contribution in [0.25, 0.3) is 0 Å². The Morgan fingerprint density at radius 1 is 0.867 bits per heavy atom. The lowest BCUT2D eigenvalue weighted by atomic mass is 10.1. The fourth-order valence-electron chi connectivity index (χ4n) is 2.42. The van der Waals surface area contributed by atoms with Crippen LogP contribution in [0, 0.1) is 10.1 Å². The van der Waals surface area contributed by atoms with E-state index in [1.165, 1.54) is 30.5 Å². The molecule has 0 atom stereocenters. The van der Waals surface area contributed by atoms with Gasteiger partial charge in [0.1, 0.15) is 0 Å². The monoisotopic (exact) mass is 466 g/mol. The normalized spacial score (nSPS) is 10.6. The number of carbonyl (C=O) groups excluding carboxylic acids is 2. The Balaban J connectivity index is 1.56. The molecule has 0 bridgehead atoms. The van der Waals surface area contributed by atoms with E-state index in [-0.39, 0.29) is 11.6 Å². The Morgan fingerprint density at radius 2 is 1.43 bits per heavy atom. The maximum atomic E-state index is 12.2. The van der Waals surface area contributed by atoms with Gasteiger partial charge in [0.15, 0.2) is 0 Å². The van der Waals surface area contributed by atoms with Gasteiger partial charge >= 0.3 is 0 Å². The Hall–Kier alpha value is -3.85. The van der Waals surface area contributed by atoms with Gasteiger partial charge in [0.25, 0.3) is 17.5 Å². The van der Waals surface area contributed by atoms with Crippen LogP contribution in [0.2, 0.25) is 0 Å². The summed E-state index contributed by atoms with van der Waals surface area (Å²) in [5, 5.41) is 17.2. The number of hydrogen-bond acceptors (Lipinski definition) is 5. The number of nitro benzene ring substituents is 1. The Bertz CT molecular complexity index is 1100. The molecule has 0 heterocycles. The van der Waals surface area contributed by atoms with Crippen LogP contribution in [0.3, 0.4) is 0 Å². The number of halogens is 1. The second-order valence-electron chi connectivity index (χ2n) is 6.09. The van der Waals surface area contributed by atoms with Gasteiger partial charge < -0.3 is 5.32 Å². The van der Waals surface area contributed by atoms with Crippen LogP contribution in [0.15, 0.2) is 82.4 Å². The minimum Gasteiger partial charge on any atom is -0.322 e. The first kappa shape index (κ1) is 20.9. The number of hydrogen-bond donors (Lipinski definition) is 2. The second-order valence-corrected chi connectivity index (χ2v) is 7.00. The van der Waals surface area contributed by atoms with Crippen LogP contribution in [-0.2, 0) is 0 Å². The highest BCUT2D eigenvalue weighted by atomic mass is 79.9. The molecule has 9 heteroatoms. The third-order valence-corrected chi connectivity index (χ3v) is 4.52. The third-order valence-electron chi connectivity index (χ3n) is 3.99. The molecule has 0 saturated carbocycles. The number of nitro groups is 1. The molecule has 0 fully saturated rings. The molecule has 3 aromatic carbocycles. The van der Waals surface area contributed by atoms with E-state index in [2.05, 4.69) is 31.8 Å².